The molecule has 3 aromatic heterocycles. The fourth-order valence-corrected chi connectivity index (χ4v) is 4.30. The van der Waals surface area contributed by atoms with Crippen molar-refractivity contribution in [2.75, 3.05) is 48.4 Å². The molecule has 0 spiro atoms. The van der Waals surface area contributed by atoms with Crippen LogP contribution in [0.25, 0.3) is 11.2 Å². The Balaban J connectivity index is 1.40. The molecule has 1 aromatic carbocycles. The first-order valence-corrected chi connectivity index (χ1v) is 11.9. The van der Waals surface area contributed by atoms with Crippen LogP contribution in [0.1, 0.15) is 26.5 Å². The first-order valence-electron chi connectivity index (χ1n) is 11.9. The van der Waals surface area contributed by atoms with Gasteiger partial charge in [0.15, 0.2) is 11.5 Å². The summed E-state index contributed by atoms with van der Waals surface area (Å²) in [5.74, 6) is 3.16. The van der Waals surface area contributed by atoms with Crippen molar-refractivity contribution in [3.05, 3.63) is 42.4 Å². The molecule has 0 saturated carbocycles. The summed E-state index contributed by atoms with van der Waals surface area (Å²) in [4.78, 5) is 18.9. The minimum atomic E-state index is -0.0417. The van der Waals surface area contributed by atoms with Crippen molar-refractivity contribution in [2.24, 2.45) is 14.1 Å². The molecule has 0 atom stereocenters. The van der Waals surface area contributed by atoms with Crippen molar-refractivity contribution in [1.29, 1.82) is 0 Å². The lowest BCUT2D eigenvalue weighted by atomic mass is 9.92. The summed E-state index contributed by atoms with van der Waals surface area (Å²) >= 11 is 0. The fourth-order valence-electron chi connectivity index (χ4n) is 4.30. The molecule has 35 heavy (non-hydrogen) atoms. The van der Waals surface area contributed by atoms with Crippen molar-refractivity contribution in [1.82, 2.24) is 29.3 Å². The third-order valence-electron chi connectivity index (χ3n) is 6.45. The molecule has 0 unspecified atom stereocenters. The van der Waals surface area contributed by atoms with Crippen LogP contribution in [0.3, 0.4) is 0 Å². The second-order valence-corrected chi connectivity index (χ2v) is 9.99. The molecule has 10 nitrogen and oxygen atoms in total. The molecule has 4 aromatic rings. The SMILES string of the molecule is COc1ccc(N2CCN(c3nc(Nc4cc(C(C)(C)C)nn4C)c4c(ncn4C)n3)CC2)cc1. The van der Waals surface area contributed by atoms with Gasteiger partial charge in [0.2, 0.25) is 5.95 Å². The summed E-state index contributed by atoms with van der Waals surface area (Å²) in [5, 5.41) is 8.19. The summed E-state index contributed by atoms with van der Waals surface area (Å²) in [6, 6.07) is 10.3. The molecule has 1 fully saturated rings. The van der Waals surface area contributed by atoms with Crippen LogP contribution in [0.2, 0.25) is 0 Å². The lowest BCUT2D eigenvalue weighted by molar-refractivity contribution is 0.415. The number of aryl methyl sites for hydroxylation is 2. The predicted molar refractivity (Wildman–Crippen MR) is 139 cm³/mol. The van der Waals surface area contributed by atoms with E-state index in [9.17, 15) is 0 Å². The monoisotopic (exact) mass is 475 g/mol. The van der Waals surface area contributed by atoms with Crippen LogP contribution in [0.15, 0.2) is 36.7 Å². The summed E-state index contributed by atoms with van der Waals surface area (Å²) in [6.45, 7) is 9.89. The molecule has 1 saturated heterocycles. The normalized spacial score (nSPS) is 14.6. The van der Waals surface area contributed by atoms with E-state index >= 15 is 0 Å². The average Bonchev–Trinajstić information content (AvgIpc) is 3.41. The zero-order valence-electron chi connectivity index (χ0n) is 21.3. The third-order valence-corrected chi connectivity index (χ3v) is 6.45. The van der Waals surface area contributed by atoms with E-state index in [0.29, 0.717) is 11.6 Å². The third kappa shape index (κ3) is 4.48. The minimum Gasteiger partial charge on any atom is -0.497 e. The van der Waals surface area contributed by atoms with E-state index in [-0.39, 0.29) is 5.41 Å². The molecular weight excluding hydrogens is 442 g/mol. The molecule has 184 valence electrons. The van der Waals surface area contributed by atoms with Crippen LogP contribution in [0.5, 0.6) is 5.75 Å². The molecule has 0 aliphatic carbocycles. The predicted octanol–water partition coefficient (Wildman–Crippen LogP) is 3.47. The number of ether oxygens (including phenoxy) is 1. The number of nitrogens with one attached hydrogen (secondary N) is 1. The first kappa shape index (κ1) is 22.9. The maximum Gasteiger partial charge on any atom is 0.229 e. The highest BCUT2D eigenvalue weighted by Crippen LogP contribution is 2.29. The average molecular weight is 476 g/mol. The number of fused-ring (bicyclic) bond motifs is 1. The van der Waals surface area contributed by atoms with Crippen LogP contribution in [-0.2, 0) is 19.5 Å². The van der Waals surface area contributed by atoms with Gasteiger partial charge < -0.3 is 24.4 Å². The highest BCUT2D eigenvalue weighted by atomic mass is 16.5. The maximum absolute atomic E-state index is 5.28. The van der Waals surface area contributed by atoms with E-state index in [0.717, 1.165) is 54.8 Å². The van der Waals surface area contributed by atoms with Gasteiger partial charge in [0.05, 0.1) is 19.1 Å². The highest BCUT2D eigenvalue weighted by Gasteiger charge is 2.24. The summed E-state index contributed by atoms with van der Waals surface area (Å²) in [7, 11) is 5.59. The first-order chi connectivity index (χ1) is 16.7. The zero-order chi connectivity index (χ0) is 24.7. The Morgan fingerprint density at radius 3 is 2.26 bits per heavy atom. The number of piperazine rings is 1. The quantitative estimate of drug-likeness (QED) is 0.469. The smallest absolute Gasteiger partial charge is 0.229 e. The standard InChI is InChI=1S/C25H33N9O/c1-25(2,3)19-15-20(32(5)30-19)27-23-21-22(26-16-31(21)4)28-24(29-23)34-13-11-33(12-14-34)17-7-9-18(35-6)10-8-17/h7-10,15-16H,11-14H2,1-6H3,(H,27,28,29). The van der Waals surface area contributed by atoms with E-state index in [1.165, 1.54) is 5.69 Å². The molecule has 10 heteroatoms. The Bertz CT molecular complexity index is 1330. The number of imidazole rings is 1. The number of nitrogens with zero attached hydrogens (tertiary/aromatic N) is 8. The summed E-state index contributed by atoms with van der Waals surface area (Å²) < 4.78 is 9.09. The second-order valence-electron chi connectivity index (χ2n) is 9.99. The van der Waals surface area contributed by atoms with Crippen LogP contribution < -0.4 is 19.9 Å². The fraction of sp³-hybridized carbons (Fsp3) is 0.440. The van der Waals surface area contributed by atoms with Gasteiger partial charge in [-0.05, 0) is 24.3 Å². The Morgan fingerprint density at radius 2 is 1.63 bits per heavy atom. The molecule has 1 aliphatic rings. The van der Waals surface area contributed by atoms with Crippen molar-refractivity contribution < 1.29 is 4.74 Å². The lowest BCUT2D eigenvalue weighted by Crippen LogP contribution is -2.47. The molecule has 4 heterocycles. The Labute approximate surface area is 205 Å². The van der Waals surface area contributed by atoms with Gasteiger partial charge >= 0.3 is 0 Å². The van der Waals surface area contributed by atoms with Gasteiger partial charge in [-0.15, -0.1) is 0 Å². The molecule has 1 aliphatic heterocycles. The van der Waals surface area contributed by atoms with Crippen molar-refractivity contribution >= 4 is 34.4 Å². The van der Waals surface area contributed by atoms with Gasteiger partial charge in [-0.2, -0.15) is 15.1 Å². The van der Waals surface area contributed by atoms with Crippen molar-refractivity contribution in [3.63, 3.8) is 0 Å². The van der Waals surface area contributed by atoms with Crippen LogP contribution >= 0.6 is 0 Å². The number of anilines is 4. The van der Waals surface area contributed by atoms with Gasteiger partial charge in [0.1, 0.15) is 17.1 Å². The topological polar surface area (TPSA) is 89.2 Å². The molecule has 5 rings (SSSR count). The van der Waals surface area contributed by atoms with E-state index in [1.54, 1.807) is 13.4 Å². The number of rotatable bonds is 5. The van der Waals surface area contributed by atoms with E-state index in [4.69, 9.17) is 19.8 Å². The Morgan fingerprint density at radius 1 is 0.943 bits per heavy atom. The minimum absolute atomic E-state index is 0.0417. The molecule has 1 N–H and O–H groups in total. The number of hydrogen-bond donors (Lipinski definition) is 1. The Kier molecular flexibility index (Phi) is 5.74. The molecular formula is C25H33N9O. The summed E-state index contributed by atoms with van der Waals surface area (Å²) in [5.41, 5.74) is 3.72. The van der Waals surface area contributed by atoms with E-state index in [2.05, 4.69) is 59.1 Å². The second kappa shape index (κ2) is 8.75. The molecule has 0 amide bonds. The Hall–Kier alpha value is -3.82. The number of hydrogen-bond acceptors (Lipinski definition) is 8. The van der Waals surface area contributed by atoms with Gasteiger partial charge in [0, 0.05) is 57.4 Å². The lowest BCUT2D eigenvalue weighted by Gasteiger charge is -2.36. The number of benzene rings is 1. The van der Waals surface area contributed by atoms with E-state index < -0.39 is 0 Å². The molecule has 0 radical (unpaired) electrons. The van der Waals surface area contributed by atoms with Gasteiger partial charge in [-0.3, -0.25) is 4.68 Å². The highest BCUT2D eigenvalue weighted by molar-refractivity contribution is 5.86. The van der Waals surface area contributed by atoms with Crippen molar-refractivity contribution in [2.45, 2.75) is 26.2 Å². The van der Waals surface area contributed by atoms with Crippen molar-refractivity contribution in [3.8, 4) is 5.75 Å². The van der Waals surface area contributed by atoms with Gasteiger partial charge in [0.25, 0.3) is 0 Å². The maximum atomic E-state index is 5.28. The van der Waals surface area contributed by atoms with Crippen LogP contribution in [0.4, 0.5) is 23.3 Å². The number of aromatic nitrogens is 6. The van der Waals surface area contributed by atoms with Gasteiger partial charge in [-0.1, -0.05) is 20.8 Å². The summed E-state index contributed by atoms with van der Waals surface area (Å²) in [6.07, 6.45) is 1.78. The zero-order valence-corrected chi connectivity index (χ0v) is 21.3. The largest absolute Gasteiger partial charge is 0.497 e. The number of methoxy groups -OCH3 is 1. The van der Waals surface area contributed by atoms with Crippen LogP contribution in [-0.4, -0.2) is 62.6 Å². The van der Waals surface area contributed by atoms with Gasteiger partial charge in [-0.25, -0.2) is 4.98 Å². The molecule has 0 bridgehead atoms. The van der Waals surface area contributed by atoms with E-state index in [1.807, 2.05) is 35.5 Å². The van der Waals surface area contributed by atoms with Crippen LogP contribution in [0, 0.1) is 0 Å².